The molecule has 5 nitrogen and oxygen atoms in total. The second-order valence-electron chi connectivity index (χ2n) is 5.49. The Kier molecular flexibility index (Phi) is 4.08. The van der Waals surface area contributed by atoms with Gasteiger partial charge in [-0.05, 0) is 37.4 Å². The van der Waals surface area contributed by atoms with Crippen LogP contribution in [0.2, 0.25) is 0 Å². The lowest BCUT2D eigenvalue weighted by Gasteiger charge is -2.08. The first-order valence-corrected chi connectivity index (χ1v) is 7.34. The molecule has 2 atom stereocenters. The van der Waals surface area contributed by atoms with E-state index in [2.05, 4.69) is 29.4 Å². The molecule has 1 aliphatic rings. The Morgan fingerprint density at radius 2 is 2.37 bits per heavy atom. The average Bonchev–Trinajstić information content (AvgIpc) is 2.96. The number of carbonyl (C=O) groups is 1. The Morgan fingerprint density at radius 1 is 1.63 bits per heavy atom. The normalized spacial score (nSPS) is 25.3. The van der Waals surface area contributed by atoms with E-state index in [-0.39, 0.29) is 17.2 Å². The van der Waals surface area contributed by atoms with Gasteiger partial charge >= 0.3 is 0 Å². The van der Waals surface area contributed by atoms with Crippen LogP contribution in [0.25, 0.3) is 0 Å². The maximum absolute atomic E-state index is 12.0. The number of hydrogen-bond donors (Lipinski definition) is 2. The molecule has 0 aliphatic heterocycles. The van der Waals surface area contributed by atoms with Crippen LogP contribution in [-0.4, -0.2) is 27.2 Å². The fraction of sp³-hybridized carbons (Fsp3) is 0.769. The summed E-state index contributed by atoms with van der Waals surface area (Å²) in [5.74, 6) is 1.29. The first kappa shape index (κ1) is 14.2. The van der Waals surface area contributed by atoms with E-state index in [1.165, 1.54) is 0 Å². The van der Waals surface area contributed by atoms with Gasteiger partial charge in [-0.2, -0.15) is 5.10 Å². The van der Waals surface area contributed by atoms with Gasteiger partial charge in [0.15, 0.2) is 4.77 Å². The van der Waals surface area contributed by atoms with Crippen LogP contribution in [0.5, 0.6) is 0 Å². The van der Waals surface area contributed by atoms with Gasteiger partial charge in [-0.1, -0.05) is 13.8 Å². The fourth-order valence-corrected chi connectivity index (χ4v) is 2.78. The SMILES string of the molecule is CCn1c(CCNC(=O)[C@@H]2C[C@@]2(C)CC)n[nH]c1=S. The van der Waals surface area contributed by atoms with Crippen LogP contribution in [0.3, 0.4) is 0 Å². The van der Waals surface area contributed by atoms with Gasteiger partial charge in [-0.15, -0.1) is 0 Å². The highest BCUT2D eigenvalue weighted by molar-refractivity contribution is 7.71. The molecule has 2 N–H and O–H groups in total. The highest BCUT2D eigenvalue weighted by atomic mass is 32.1. The molecule has 0 spiro atoms. The first-order chi connectivity index (χ1) is 9.01. The smallest absolute Gasteiger partial charge is 0.223 e. The van der Waals surface area contributed by atoms with Crippen LogP contribution >= 0.6 is 12.2 Å². The quantitative estimate of drug-likeness (QED) is 0.785. The zero-order valence-corrected chi connectivity index (χ0v) is 12.6. The molecular weight excluding hydrogens is 260 g/mol. The van der Waals surface area contributed by atoms with E-state index in [1.54, 1.807) is 0 Å². The molecule has 1 aromatic heterocycles. The Balaban J connectivity index is 1.81. The minimum Gasteiger partial charge on any atom is -0.355 e. The maximum atomic E-state index is 12.0. The Hall–Kier alpha value is -1.17. The molecule has 1 saturated carbocycles. The van der Waals surface area contributed by atoms with Crippen LogP contribution in [0.15, 0.2) is 0 Å². The largest absolute Gasteiger partial charge is 0.355 e. The van der Waals surface area contributed by atoms with Crippen molar-refractivity contribution in [2.45, 2.75) is 46.6 Å². The summed E-state index contributed by atoms with van der Waals surface area (Å²) < 4.78 is 2.60. The summed E-state index contributed by atoms with van der Waals surface area (Å²) in [6.07, 6.45) is 2.80. The van der Waals surface area contributed by atoms with Gasteiger partial charge in [-0.25, -0.2) is 0 Å². The molecule has 0 saturated heterocycles. The van der Waals surface area contributed by atoms with Crippen LogP contribution in [0, 0.1) is 16.1 Å². The Bertz CT molecular complexity index is 521. The van der Waals surface area contributed by atoms with Crippen molar-refractivity contribution in [3.8, 4) is 0 Å². The third-order valence-corrected chi connectivity index (χ3v) is 4.59. The molecule has 0 unspecified atom stereocenters. The molecule has 1 fully saturated rings. The molecule has 2 rings (SSSR count). The monoisotopic (exact) mass is 282 g/mol. The number of amides is 1. The van der Waals surface area contributed by atoms with Crippen molar-refractivity contribution >= 4 is 18.1 Å². The number of H-pyrrole nitrogens is 1. The highest BCUT2D eigenvalue weighted by Gasteiger charge is 2.52. The molecule has 1 aliphatic carbocycles. The van der Waals surface area contributed by atoms with Crippen molar-refractivity contribution in [1.29, 1.82) is 0 Å². The van der Waals surface area contributed by atoms with Gasteiger partial charge in [0, 0.05) is 25.4 Å². The van der Waals surface area contributed by atoms with Crippen molar-refractivity contribution in [3.05, 3.63) is 10.6 Å². The van der Waals surface area contributed by atoms with Crippen molar-refractivity contribution < 1.29 is 4.79 Å². The van der Waals surface area contributed by atoms with E-state index in [1.807, 2.05) is 11.5 Å². The number of carbonyl (C=O) groups excluding carboxylic acids is 1. The van der Waals surface area contributed by atoms with Crippen molar-refractivity contribution in [1.82, 2.24) is 20.1 Å². The second-order valence-corrected chi connectivity index (χ2v) is 5.88. The van der Waals surface area contributed by atoms with Gasteiger partial charge in [-0.3, -0.25) is 9.89 Å². The average molecular weight is 282 g/mol. The molecule has 106 valence electrons. The minimum absolute atomic E-state index is 0.182. The van der Waals surface area contributed by atoms with Gasteiger partial charge in [0.05, 0.1) is 0 Å². The van der Waals surface area contributed by atoms with Gasteiger partial charge in [0.1, 0.15) is 5.82 Å². The highest BCUT2D eigenvalue weighted by Crippen LogP contribution is 2.54. The van der Waals surface area contributed by atoms with E-state index >= 15 is 0 Å². The zero-order chi connectivity index (χ0) is 14.0. The number of hydrogen-bond acceptors (Lipinski definition) is 3. The summed E-state index contributed by atoms with van der Waals surface area (Å²) >= 11 is 5.13. The zero-order valence-electron chi connectivity index (χ0n) is 11.8. The molecule has 0 radical (unpaired) electrons. The molecular formula is C13H22N4OS. The standard InChI is InChI=1S/C13H22N4OS/c1-4-13(3)8-9(13)11(18)14-7-6-10-15-16-12(19)17(10)5-2/h9H,4-8H2,1-3H3,(H,14,18)(H,16,19)/t9-,13+/m0/s1. The lowest BCUT2D eigenvalue weighted by molar-refractivity contribution is -0.123. The Labute approximate surface area is 118 Å². The van der Waals surface area contributed by atoms with Crippen molar-refractivity contribution in [2.24, 2.45) is 11.3 Å². The Morgan fingerprint density at radius 3 is 2.95 bits per heavy atom. The van der Waals surface area contributed by atoms with Gasteiger partial charge < -0.3 is 9.88 Å². The second kappa shape index (κ2) is 5.45. The van der Waals surface area contributed by atoms with E-state index in [4.69, 9.17) is 12.2 Å². The summed E-state index contributed by atoms with van der Waals surface area (Å²) in [4.78, 5) is 12.0. The van der Waals surface area contributed by atoms with Crippen molar-refractivity contribution in [3.63, 3.8) is 0 Å². The summed E-state index contributed by atoms with van der Waals surface area (Å²) in [6.45, 7) is 7.78. The number of rotatable bonds is 6. The molecule has 1 heterocycles. The third kappa shape index (κ3) is 2.88. The van der Waals surface area contributed by atoms with Gasteiger partial charge in [0.2, 0.25) is 5.91 Å². The maximum Gasteiger partial charge on any atom is 0.223 e. The molecule has 0 bridgehead atoms. The lowest BCUT2D eigenvalue weighted by Crippen LogP contribution is -2.29. The van der Waals surface area contributed by atoms with E-state index in [9.17, 15) is 4.79 Å². The van der Waals surface area contributed by atoms with Crippen molar-refractivity contribution in [2.75, 3.05) is 6.54 Å². The van der Waals surface area contributed by atoms with E-state index < -0.39 is 0 Å². The number of nitrogens with one attached hydrogen (secondary N) is 2. The molecule has 19 heavy (non-hydrogen) atoms. The number of aromatic amines is 1. The molecule has 0 aromatic carbocycles. The van der Waals surface area contributed by atoms with Crippen LogP contribution < -0.4 is 5.32 Å². The number of nitrogens with zero attached hydrogens (tertiary/aromatic N) is 2. The van der Waals surface area contributed by atoms with E-state index in [0.29, 0.717) is 17.7 Å². The van der Waals surface area contributed by atoms with Gasteiger partial charge in [0.25, 0.3) is 0 Å². The predicted molar refractivity (Wildman–Crippen MR) is 76.3 cm³/mol. The summed E-state index contributed by atoms with van der Waals surface area (Å²) in [5.41, 5.74) is 0.230. The minimum atomic E-state index is 0.182. The van der Waals surface area contributed by atoms with Crippen LogP contribution in [0.4, 0.5) is 0 Å². The predicted octanol–water partition coefficient (Wildman–Crippen LogP) is 2.06. The van der Waals surface area contributed by atoms with Crippen LogP contribution in [0.1, 0.15) is 39.4 Å². The lowest BCUT2D eigenvalue weighted by atomic mass is 10.0. The van der Waals surface area contributed by atoms with E-state index in [0.717, 1.165) is 25.2 Å². The summed E-state index contributed by atoms with van der Waals surface area (Å²) in [6, 6.07) is 0. The summed E-state index contributed by atoms with van der Waals surface area (Å²) in [5, 5.41) is 9.97. The fourth-order valence-electron chi connectivity index (χ4n) is 2.50. The molecule has 1 aromatic rings. The summed E-state index contributed by atoms with van der Waals surface area (Å²) in [7, 11) is 0. The topological polar surface area (TPSA) is 62.7 Å². The molecule has 6 heteroatoms. The van der Waals surface area contributed by atoms with Crippen LogP contribution in [-0.2, 0) is 17.8 Å². The first-order valence-electron chi connectivity index (χ1n) is 6.93. The number of aromatic nitrogens is 3. The molecule has 1 amide bonds. The third-order valence-electron chi connectivity index (χ3n) is 4.28.